The van der Waals surface area contributed by atoms with Gasteiger partial charge in [-0.15, -0.1) is 6.58 Å². The molecule has 0 radical (unpaired) electrons. The van der Waals surface area contributed by atoms with Gasteiger partial charge in [-0.1, -0.05) is 54.6 Å². The van der Waals surface area contributed by atoms with Crippen molar-refractivity contribution in [2.24, 2.45) is 0 Å². The van der Waals surface area contributed by atoms with Crippen molar-refractivity contribution in [3.05, 3.63) is 97.3 Å². The molecular weight excluding hydrogens is 349 g/mol. The van der Waals surface area contributed by atoms with Crippen LogP contribution in [0.25, 0.3) is 11.1 Å². The lowest BCUT2D eigenvalue weighted by Crippen LogP contribution is -2.31. The third-order valence-corrected chi connectivity index (χ3v) is 5.75. The first-order valence-electron chi connectivity index (χ1n) is 8.07. The molecule has 0 spiro atoms. The van der Waals surface area contributed by atoms with E-state index in [0.29, 0.717) is 5.69 Å². The molecule has 3 aromatic rings. The van der Waals surface area contributed by atoms with Crippen LogP contribution in [0.4, 0.5) is 10.1 Å². The average molecular weight is 367 g/mol. The van der Waals surface area contributed by atoms with E-state index >= 15 is 0 Å². The number of hydrogen-bond acceptors (Lipinski definition) is 2. The largest absolute Gasteiger partial charge is 0.264 e. The van der Waals surface area contributed by atoms with E-state index < -0.39 is 15.8 Å². The normalized spacial score (nSPS) is 11.1. The topological polar surface area (TPSA) is 37.4 Å². The Bertz CT molecular complexity index is 1000. The molecule has 0 aromatic heterocycles. The highest BCUT2D eigenvalue weighted by Gasteiger charge is 2.26. The van der Waals surface area contributed by atoms with Crippen molar-refractivity contribution in [2.45, 2.75) is 4.90 Å². The zero-order chi connectivity index (χ0) is 18.6. The molecule has 3 nitrogen and oxygen atoms in total. The number of halogens is 1. The number of hydrogen-bond donors (Lipinski definition) is 0. The lowest BCUT2D eigenvalue weighted by Gasteiger charge is -2.25. The van der Waals surface area contributed by atoms with Crippen LogP contribution in [0.5, 0.6) is 0 Å². The van der Waals surface area contributed by atoms with Gasteiger partial charge in [0.05, 0.1) is 17.1 Å². The average Bonchev–Trinajstić information content (AvgIpc) is 2.67. The molecular formula is C21H18FNO2S. The minimum atomic E-state index is -3.87. The number of para-hydroxylation sites is 1. The van der Waals surface area contributed by atoms with E-state index in [2.05, 4.69) is 6.58 Å². The Hall–Kier alpha value is -2.92. The smallest absolute Gasteiger partial charge is 0.262 e. The molecule has 26 heavy (non-hydrogen) atoms. The van der Waals surface area contributed by atoms with Gasteiger partial charge in [-0.3, -0.25) is 4.31 Å². The first-order chi connectivity index (χ1) is 12.5. The van der Waals surface area contributed by atoms with Crippen LogP contribution in [-0.4, -0.2) is 15.0 Å². The fourth-order valence-electron chi connectivity index (χ4n) is 2.73. The number of anilines is 1. The molecule has 0 bridgehead atoms. The van der Waals surface area contributed by atoms with Crippen molar-refractivity contribution in [2.75, 3.05) is 10.8 Å². The first kappa shape index (κ1) is 17.9. The standard InChI is InChI=1S/C21H18FNO2S/c1-2-16-23(26(24,25)19-14-12-18(22)13-15-19)21-11-7-6-10-20(21)17-8-4-3-5-9-17/h2-15H,1,16H2. The molecule has 132 valence electrons. The Kier molecular flexibility index (Phi) is 5.19. The van der Waals surface area contributed by atoms with Gasteiger partial charge in [-0.25, -0.2) is 12.8 Å². The molecule has 0 aliphatic heterocycles. The van der Waals surface area contributed by atoms with Crippen molar-refractivity contribution in [1.29, 1.82) is 0 Å². The molecule has 0 amide bonds. The Morgan fingerprint density at radius 3 is 2.15 bits per heavy atom. The fourth-order valence-corrected chi connectivity index (χ4v) is 4.18. The van der Waals surface area contributed by atoms with Crippen molar-refractivity contribution >= 4 is 15.7 Å². The molecule has 0 saturated heterocycles. The monoisotopic (exact) mass is 367 g/mol. The summed E-state index contributed by atoms with van der Waals surface area (Å²) in [4.78, 5) is 0.0311. The molecule has 3 aromatic carbocycles. The van der Waals surface area contributed by atoms with Crippen LogP contribution in [0.15, 0.2) is 96.4 Å². The maximum atomic E-state index is 13.2. The zero-order valence-electron chi connectivity index (χ0n) is 14.0. The van der Waals surface area contributed by atoms with Gasteiger partial charge in [0.1, 0.15) is 5.82 Å². The van der Waals surface area contributed by atoms with E-state index in [0.717, 1.165) is 23.3 Å². The Morgan fingerprint density at radius 1 is 0.885 bits per heavy atom. The van der Waals surface area contributed by atoms with Crippen LogP contribution >= 0.6 is 0 Å². The summed E-state index contributed by atoms with van der Waals surface area (Å²) in [6.07, 6.45) is 1.53. The van der Waals surface area contributed by atoms with E-state index in [-0.39, 0.29) is 11.4 Å². The highest BCUT2D eigenvalue weighted by molar-refractivity contribution is 7.92. The van der Waals surface area contributed by atoms with Crippen LogP contribution in [0.1, 0.15) is 0 Å². The maximum Gasteiger partial charge on any atom is 0.264 e. The van der Waals surface area contributed by atoms with E-state index in [1.807, 2.05) is 42.5 Å². The predicted molar refractivity (Wildman–Crippen MR) is 103 cm³/mol. The van der Waals surface area contributed by atoms with E-state index in [1.165, 1.54) is 22.5 Å². The van der Waals surface area contributed by atoms with E-state index in [4.69, 9.17) is 0 Å². The minimum Gasteiger partial charge on any atom is -0.262 e. The molecule has 0 atom stereocenters. The molecule has 0 saturated carbocycles. The van der Waals surface area contributed by atoms with Gasteiger partial charge in [0.2, 0.25) is 0 Å². The maximum absolute atomic E-state index is 13.2. The van der Waals surface area contributed by atoms with Crippen molar-refractivity contribution < 1.29 is 12.8 Å². The zero-order valence-corrected chi connectivity index (χ0v) is 14.9. The molecule has 3 rings (SSSR count). The second-order valence-electron chi connectivity index (χ2n) is 5.66. The summed E-state index contributed by atoms with van der Waals surface area (Å²) < 4.78 is 40.8. The third kappa shape index (κ3) is 3.53. The van der Waals surface area contributed by atoms with E-state index in [1.54, 1.807) is 12.1 Å². The predicted octanol–water partition coefficient (Wildman–Crippen LogP) is 4.87. The number of benzene rings is 3. The second-order valence-corrected chi connectivity index (χ2v) is 7.52. The summed E-state index contributed by atoms with van der Waals surface area (Å²) in [5.41, 5.74) is 2.25. The lowest BCUT2D eigenvalue weighted by molar-refractivity contribution is 0.591. The van der Waals surface area contributed by atoms with Crippen LogP contribution in [0, 0.1) is 5.82 Å². The lowest BCUT2D eigenvalue weighted by atomic mass is 10.0. The molecule has 0 N–H and O–H groups in total. The van der Waals surface area contributed by atoms with Crippen LogP contribution in [-0.2, 0) is 10.0 Å². The quantitative estimate of drug-likeness (QED) is 0.583. The van der Waals surface area contributed by atoms with Crippen LogP contribution < -0.4 is 4.31 Å². The fraction of sp³-hybridized carbons (Fsp3) is 0.0476. The van der Waals surface area contributed by atoms with Gasteiger partial charge in [0.25, 0.3) is 10.0 Å². The minimum absolute atomic E-state index is 0.0311. The van der Waals surface area contributed by atoms with Crippen molar-refractivity contribution in [3.63, 3.8) is 0 Å². The molecule has 0 aliphatic rings. The van der Waals surface area contributed by atoms with Crippen molar-refractivity contribution in [3.8, 4) is 11.1 Å². The Morgan fingerprint density at radius 2 is 1.50 bits per heavy atom. The highest BCUT2D eigenvalue weighted by Crippen LogP contribution is 2.34. The van der Waals surface area contributed by atoms with Gasteiger partial charge in [0, 0.05) is 5.56 Å². The molecule has 0 unspecified atom stereocenters. The molecule has 0 heterocycles. The van der Waals surface area contributed by atoms with Crippen LogP contribution in [0.2, 0.25) is 0 Å². The summed E-state index contributed by atoms with van der Waals surface area (Å²) in [5, 5.41) is 0. The Labute approximate surface area is 153 Å². The van der Waals surface area contributed by atoms with Gasteiger partial charge in [0.15, 0.2) is 0 Å². The number of nitrogens with zero attached hydrogens (tertiary/aromatic N) is 1. The summed E-state index contributed by atoms with van der Waals surface area (Å²) in [6, 6.07) is 21.7. The van der Waals surface area contributed by atoms with Crippen LogP contribution in [0.3, 0.4) is 0 Å². The van der Waals surface area contributed by atoms with E-state index in [9.17, 15) is 12.8 Å². The summed E-state index contributed by atoms with van der Waals surface area (Å²) >= 11 is 0. The number of sulfonamides is 1. The van der Waals surface area contributed by atoms with Crippen molar-refractivity contribution in [1.82, 2.24) is 0 Å². The van der Waals surface area contributed by atoms with Gasteiger partial charge < -0.3 is 0 Å². The SMILES string of the molecule is C=CCN(c1ccccc1-c1ccccc1)S(=O)(=O)c1ccc(F)cc1. The third-order valence-electron chi connectivity index (χ3n) is 3.95. The molecule has 5 heteroatoms. The highest BCUT2D eigenvalue weighted by atomic mass is 32.2. The summed E-state index contributed by atoms with van der Waals surface area (Å²) in [5.74, 6) is -0.482. The van der Waals surface area contributed by atoms with Gasteiger partial charge in [-0.2, -0.15) is 0 Å². The molecule has 0 aliphatic carbocycles. The summed E-state index contributed by atoms with van der Waals surface area (Å²) in [6.45, 7) is 3.78. The Balaban J connectivity index is 2.15. The number of rotatable bonds is 6. The molecule has 0 fully saturated rings. The second kappa shape index (κ2) is 7.54. The summed E-state index contributed by atoms with van der Waals surface area (Å²) in [7, 11) is -3.87. The van der Waals surface area contributed by atoms with Gasteiger partial charge in [-0.05, 0) is 35.9 Å². The van der Waals surface area contributed by atoms with Gasteiger partial charge >= 0.3 is 0 Å². The first-order valence-corrected chi connectivity index (χ1v) is 9.51.